The molecule has 1 N–H and O–H groups in total. The van der Waals surface area contributed by atoms with Crippen molar-refractivity contribution in [2.24, 2.45) is 5.92 Å². The Kier molecular flexibility index (Phi) is 5.35. The van der Waals surface area contributed by atoms with E-state index in [0.29, 0.717) is 34.4 Å². The largest absolute Gasteiger partial charge is 0.465 e. The molecule has 1 aliphatic heterocycles. The first kappa shape index (κ1) is 19.2. The van der Waals surface area contributed by atoms with Crippen LogP contribution >= 0.6 is 11.6 Å². The van der Waals surface area contributed by atoms with Gasteiger partial charge in [-0.3, -0.25) is 9.20 Å². The minimum absolute atomic E-state index is 0.0939. The van der Waals surface area contributed by atoms with Gasteiger partial charge in [0.05, 0.1) is 23.6 Å². The molecule has 1 amide bonds. The molecule has 29 heavy (non-hydrogen) atoms. The van der Waals surface area contributed by atoms with Crippen molar-refractivity contribution in [3.8, 4) is 0 Å². The number of anilines is 2. The van der Waals surface area contributed by atoms with E-state index < -0.39 is 5.97 Å². The maximum absolute atomic E-state index is 12.8. The second-order valence-corrected chi connectivity index (χ2v) is 7.36. The van der Waals surface area contributed by atoms with E-state index in [0.717, 1.165) is 19.4 Å². The number of methoxy groups -OCH3 is 1. The fourth-order valence-electron chi connectivity index (χ4n) is 3.53. The molecule has 0 spiro atoms. The van der Waals surface area contributed by atoms with E-state index in [1.165, 1.54) is 7.11 Å². The van der Waals surface area contributed by atoms with Crippen LogP contribution in [-0.4, -0.2) is 46.7 Å². The lowest BCUT2D eigenvalue weighted by atomic mass is 9.97. The predicted octanol–water partition coefficient (Wildman–Crippen LogP) is 3.02. The van der Waals surface area contributed by atoms with Gasteiger partial charge in [-0.1, -0.05) is 17.7 Å². The normalized spacial score (nSPS) is 16.6. The molecule has 9 heteroatoms. The smallest absolute Gasteiger partial charge is 0.337 e. The van der Waals surface area contributed by atoms with Crippen molar-refractivity contribution in [2.75, 3.05) is 30.4 Å². The van der Waals surface area contributed by atoms with Gasteiger partial charge in [-0.05, 0) is 43.2 Å². The van der Waals surface area contributed by atoms with Gasteiger partial charge in [-0.2, -0.15) is 0 Å². The minimum atomic E-state index is -0.442. The van der Waals surface area contributed by atoms with E-state index >= 15 is 0 Å². The van der Waals surface area contributed by atoms with Gasteiger partial charge in [0.2, 0.25) is 11.9 Å². The Labute approximate surface area is 172 Å². The molecule has 0 radical (unpaired) electrons. The third-order valence-corrected chi connectivity index (χ3v) is 5.20. The van der Waals surface area contributed by atoms with Crippen molar-refractivity contribution >= 4 is 40.8 Å². The number of fused-ring (bicyclic) bond motifs is 1. The number of pyridine rings is 1. The van der Waals surface area contributed by atoms with Gasteiger partial charge in [0.1, 0.15) is 0 Å². The van der Waals surface area contributed by atoms with Gasteiger partial charge >= 0.3 is 5.97 Å². The Hall–Kier alpha value is -3.13. The van der Waals surface area contributed by atoms with Crippen LogP contribution < -0.4 is 10.2 Å². The first-order valence-corrected chi connectivity index (χ1v) is 9.67. The molecule has 8 nitrogen and oxygen atoms in total. The molecule has 150 valence electrons. The van der Waals surface area contributed by atoms with Crippen LogP contribution in [0.4, 0.5) is 11.6 Å². The lowest BCUT2D eigenvalue weighted by Crippen LogP contribution is -2.41. The number of amides is 1. The first-order valence-electron chi connectivity index (χ1n) is 9.29. The zero-order valence-electron chi connectivity index (χ0n) is 15.8. The highest BCUT2D eigenvalue weighted by atomic mass is 35.5. The summed E-state index contributed by atoms with van der Waals surface area (Å²) in [7, 11) is 1.32. The zero-order valence-corrected chi connectivity index (χ0v) is 16.6. The molecular weight excluding hydrogens is 394 g/mol. The van der Waals surface area contributed by atoms with Gasteiger partial charge in [-0.25, -0.2) is 4.79 Å². The van der Waals surface area contributed by atoms with Crippen LogP contribution in [0.25, 0.3) is 5.65 Å². The number of carbonyl (C=O) groups excluding carboxylic acids is 2. The Morgan fingerprint density at radius 2 is 2.10 bits per heavy atom. The molecule has 0 bridgehead atoms. The summed E-state index contributed by atoms with van der Waals surface area (Å²) in [4.78, 5) is 26.6. The fraction of sp³-hybridized carbons (Fsp3) is 0.300. The predicted molar refractivity (Wildman–Crippen MR) is 109 cm³/mol. The number of hydrogen-bond acceptors (Lipinski definition) is 6. The van der Waals surface area contributed by atoms with Gasteiger partial charge in [-0.15, -0.1) is 10.2 Å². The summed E-state index contributed by atoms with van der Waals surface area (Å²) >= 11 is 6.11. The van der Waals surface area contributed by atoms with Crippen molar-refractivity contribution in [2.45, 2.75) is 12.8 Å². The van der Waals surface area contributed by atoms with Crippen molar-refractivity contribution < 1.29 is 14.3 Å². The van der Waals surface area contributed by atoms with Crippen molar-refractivity contribution in [3.05, 3.63) is 53.2 Å². The Morgan fingerprint density at radius 3 is 2.93 bits per heavy atom. The lowest BCUT2D eigenvalue weighted by molar-refractivity contribution is -0.120. The topological polar surface area (TPSA) is 88.8 Å². The summed E-state index contributed by atoms with van der Waals surface area (Å²) in [6.07, 6.45) is 3.40. The second-order valence-electron chi connectivity index (χ2n) is 6.92. The number of hydrogen-bond donors (Lipinski definition) is 1. The van der Waals surface area contributed by atoms with Gasteiger partial charge in [0, 0.05) is 25.0 Å². The number of halogens is 1. The summed E-state index contributed by atoms with van der Waals surface area (Å²) in [5, 5.41) is 11.9. The van der Waals surface area contributed by atoms with Gasteiger partial charge in [0.25, 0.3) is 0 Å². The minimum Gasteiger partial charge on any atom is -0.465 e. The van der Waals surface area contributed by atoms with Gasteiger partial charge in [0.15, 0.2) is 5.65 Å². The summed E-state index contributed by atoms with van der Waals surface area (Å²) in [5.41, 5.74) is 1.66. The number of nitrogens with zero attached hydrogens (tertiary/aromatic N) is 4. The summed E-state index contributed by atoms with van der Waals surface area (Å²) in [6.45, 7) is 1.31. The quantitative estimate of drug-likeness (QED) is 0.661. The molecule has 4 rings (SSSR count). The average Bonchev–Trinajstić information content (AvgIpc) is 3.16. The molecule has 3 heterocycles. The molecule has 1 fully saturated rings. The maximum atomic E-state index is 12.8. The molecular formula is C20H20ClN5O3. The second kappa shape index (κ2) is 8.08. The van der Waals surface area contributed by atoms with E-state index in [4.69, 9.17) is 16.3 Å². The van der Waals surface area contributed by atoms with Crippen molar-refractivity contribution in [3.63, 3.8) is 0 Å². The average molecular weight is 414 g/mol. The Balaban J connectivity index is 1.49. The van der Waals surface area contributed by atoms with Crippen LogP contribution in [-0.2, 0) is 9.53 Å². The number of piperidine rings is 1. The van der Waals surface area contributed by atoms with Gasteiger partial charge < -0.3 is 15.0 Å². The van der Waals surface area contributed by atoms with Crippen LogP contribution in [0.3, 0.4) is 0 Å². The monoisotopic (exact) mass is 413 g/mol. The molecule has 2 aromatic heterocycles. The van der Waals surface area contributed by atoms with Crippen LogP contribution in [0.2, 0.25) is 5.02 Å². The zero-order chi connectivity index (χ0) is 20.4. The van der Waals surface area contributed by atoms with Crippen LogP contribution in [0.1, 0.15) is 23.2 Å². The van der Waals surface area contributed by atoms with E-state index in [2.05, 4.69) is 20.4 Å². The molecule has 3 aromatic rings. The number of carbonyl (C=O) groups is 2. The third kappa shape index (κ3) is 4.02. The molecule has 0 saturated carbocycles. The number of rotatable bonds is 4. The number of aromatic nitrogens is 3. The maximum Gasteiger partial charge on any atom is 0.337 e. The molecule has 1 atom stereocenters. The van der Waals surface area contributed by atoms with Crippen molar-refractivity contribution in [1.29, 1.82) is 0 Å². The number of ether oxygens (including phenoxy) is 1. The van der Waals surface area contributed by atoms with E-state index in [1.54, 1.807) is 42.6 Å². The summed E-state index contributed by atoms with van der Waals surface area (Å²) < 4.78 is 6.56. The first-order chi connectivity index (χ1) is 14.0. The van der Waals surface area contributed by atoms with Crippen LogP contribution in [0.5, 0.6) is 0 Å². The van der Waals surface area contributed by atoms with Crippen LogP contribution in [0, 0.1) is 5.92 Å². The van der Waals surface area contributed by atoms with E-state index in [9.17, 15) is 9.59 Å². The molecule has 1 saturated heterocycles. The number of esters is 1. The summed E-state index contributed by atoms with van der Waals surface area (Å²) in [6, 6.07) is 10.3. The number of nitrogens with one attached hydrogen (secondary N) is 1. The Bertz CT molecular complexity index is 1070. The highest BCUT2D eigenvalue weighted by molar-refractivity contribution is 6.30. The fourth-order valence-corrected chi connectivity index (χ4v) is 3.69. The summed E-state index contributed by atoms with van der Waals surface area (Å²) in [5.74, 6) is -0.0735. The third-order valence-electron chi connectivity index (χ3n) is 4.97. The highest BCUT2D eigenvalue weighted by Crippen LogP contribution is 2.25. The lowest BCUT2D eigenvalue weighted by Gasteiger charge is -2.32. The standard InChI is InChI=1S/C20H20ClN5O3/c1-29-19(28)13-4-2-6-16(10-13)22-18(27)14-5-3-9-25(11-14)20-24-23-17-8-7-15(21)12-26(17)20/h2,4,6-8,10,12,14H,3,5,9,11H2,1H3,(H,22,27)/t14-/m0/s1. The van der Waals surface area contributed by atoms with E-state index in [1.807, 2.05) is 4.40 Å². The van der Waals surface area contributed by atoms with E-state index in [-0.39, 0.29) is 11.8 Å². The van der Waals surface area contributed by atoms with Crippen molar-refractivity contribution in [1.82, 2.24) is 14.6 Å². The molecule has 1 aromatic carbocycles. The highest BCUT2D eigenvalue weighted by Gasteiger charge is 2.28. The SMILES string of the molecule is COC(=O)c1cccc(NC(=O)[C@H]2CCCN(c3nnc4ccc(Cl)cn34)C2)c1. The Morgan fingerprint density at radius 1 is 1.24 bits per heavy atom. The molecule has 0 aliphatic carbocycles. The molecule has 1 aliphatic rings. The molecule has 0 unspecified atom stereocenters. The van der Waals surface area contributed by atoms with Crippen LogP contribution in [0.15, 0.2) is 42.6 Å². The number of benzene rings is 1.